The molecule has 0 unspecified atom stereocenters. The van der Waals surface area contributed by atoms with E-state index in [2.05, 4.69) is 18.7 Å². The van der Waals surface area contributed by atoms with E-state index in [1.807, 2.05) is 0 Å². The van der Waals surface area contributed by atoms with Crippen molar-refractivity contribution in [1.82, 2.24) is 4.90 Å². The summed E-state index contributed by atoms with van der Waals surface area (Å²) in [5, 5.41) is 9.57. The number of phenolic OH excluding ortho intramolecular Hbond substituents is 1. The predicted molar refractivity (Wildman–Crippen MR) is 77.9 cm³/mol. The maximum absolute atomic E-state index is 11.8. The molecule has 1 saturated heterocycles. The number of aromatic hydroxyl groups is 1. The Morgan fingerprint density at radius 2 is 1.95 bits per heavy atom. The van der Waals surface area contributed by atoms with Crippen molar-refractivity contribution in [3.05, 3.63) is 29.8 Å². The van der Waals surface area contributed by atoms with Gasteiger partial charge in [-0.3, -0.25) is 4.90 Å². The Morgan fingerprint density at radius 1 is 1.30 bits per heavy atom. The Bertz CT molecular complexity index is 451. The van der Waals surface area contributed by atoms with Gasteiger partial charge in [-0.1, -0.05) is 12.1 Å². The number of benzene rings is 1. The van der Waals surface area contributed by atoms with Gasteiger partial charge in [-0.25, -0.2) is 4.79 Å². The number of esters is 1. The number of para-hydroxylation sites is 1. The van der Waals surface area contributed by atoms with Gasteiger partial charge in [0.25, 0.3) is 0 Å². The van der Waals surface area contributed by atoms with Gasteiger partial charge < -0.3 is 9.84 Å². The van der Waals surface area contributed by atoms with E-state index >= 15 is 0 Å². The topological polar surface area (TPSA) is 49.8 Å². The Labute approximate surface area is 120 Å². The minimum Gasteiger partial charge on any atom is -0.507 e. The van der Waals surface area contributed by atoms with Gasteiger partial charge in [-0.05, 0) is 45.2 Å². The molecular formula is C16H23NO3. The maximum Gasteiger partial charge on any atom is 0.341 e. The molecule has 110 valence electrons. The zero-order valence-electron chi connectivity index (χ0n) is 12.2. The molecule has 1 aliphatic rings. The molecule has 0 aromatic heterocycles. The number of carbonyl (C=O) groups is 1. The van der Waals surface area contributed by atoms with Crippen LogP contribution in [0.2, 0.25) is 0 Å². The van der Waals surface area contributed by atoms with Gasteiger partial charge in [0.05, 0.1) is 6.61 Å². The highest BCUT2D eigenvalue weighted by atomic mass is 16.5. The zero-order valence-corrected chi connectivity index (χ0v) is 12.2. The smallest absolute Gasteiger partial charge is 0.341 e. The highest BCUT2D eigenvalue weighted by Gasteiger charge is 2.26. The van der Waals surface area contributed by atoms with Gasteiger partial charge in [0.15, 0.2) is 0 Å². The molecule has 0 aliphatic carbocycles. The van der Waals surface area contributed by atoms with Crippen LogP contribution in [0.3, 0.4) is 0 Å². The lowest BCUT2D eigenvalue weighted by Crippen LogP contribution is -2.34. The lowest BCUT2D eigenvalue weighted by atomic mass is 10.2. The molecule has 0 amide bonds. The second kappa shape index (κ2) is 6.75. The van der Waals surface area contributed by atoms with Gasteiger partial charge in [0.2, 0.25) is 0 Å². The highest BCUT2D eigenvalue weighted by Crippen LogP contribution is 2.23. The third kappa shape index (κ3) is 3.51. The van der Waals surface area contributed by atoms with Crippen molar-refractivity contribution in [3.63, 3.8) is 0 Å². The standard InChI is InChI=1S/C16H23NO3/c1-12-8-9-13(2)17(12)10-5-11-20-16(19)14-6-3-4-7-15(14)18/h3-4,6-7,12-13,18H,5,8-11H2,1-2H3/t12-,13+. The number of ether oxygens (including phenoxy) is 1. The van der Waals surface area contributed by atoms with Crippen LogP contribution in [0.5, 0.6) is 5.75 Å². The molecule has 1 heterocycles. The minimum atomic E-state index is -0.453. The van der Waals surface area contributed by atoms with Crippen LogP contribution < -0.4 is 0 Å². The fraction of sp³-hybridized carbons (Fsp3) is 0.562. The first kappa shape index (κ1) is 14.9. The minimum absolute atomic E-state index is 0.0284. The SMILES string of the molecule is C[C@@H]1CC[C@H](C)N1CCCOC(=O)c1ccccc1O. The van der Waals surface area contributed by atoms with Crippen molar-refractivity contribution in [2.75, 3.05) is 13.2 Å². The molecule has 0 spiro atoms. The van der Waals surface area contributed by atoms with Gasteiger partial charge in [-0.2, -0.15) is 0 Å². The van der Waals surface area contributed by atoms with Crippen LogP contribution in [0.15, 0.2) is 24.3 Å². The lowest BCUT2D eigenvalue weighted by molar-refractivity contribution is 0.0479. The number of nitrogens with zero attached hydrogens (tertiary/aromatic N) is 1. The first-order chi connectivity index (χ1) is 9.59. The molecule has 20 heavy (non-hydrogen) atoms. The third-order valence-electron chi connectivity index (χ3n) is 4.05. The normalized spacial score (nSPS) is 22.9. The molecule has 1 N–H and O–H groups in total. The molecule has 1 aromatic carbocycles. The van der Waals surface area contributed by atoms with Gasteiger partial charge >= 0.3 is 5.97 Å². The third-order valence-corrected chi connectivity index (χ3v) is 4.05. The summed E-state index contributed by atoms with van der Waals surface area (Å²) < 4.78 is 5.21. The van der Waals surface area contributed by atoms with E-state index in [1.54, 1.807) is 18.2 Å². The Kier molecular flexibility index (Phi) is 5.01. The quantitative estimate of drug-likeness (QED) is 0.664. The lowest BCUT2D eigenvalue weighted by Gasteiger charge is -2.25. The Hall–Kier alpha value is -1.55. The fourth-order valence-corrected chi connectivity index (χ4v) is 2.83. The average Bonchev–Trinajstić information content (AvgIpc) is 2.75. The van der Waals surface area contributed by atoms with Crippen molar-refractivity contribution in [2.24, 2.45) is 0 Å². The summed E-state index contributed by atoms with van der Waals surface area (Å²) in [7, 11) is 0. The van der Waals surface area contributed by atoms with Gasteiger partial charge in [0.1, 0.15) is 11.3 Å². The second-order valence-corrected chi connectivity index (χ2v) is 5.52. The summed E-state index contributed by atoms with van der Waals surface area (Å²) in [6.45, 7) is 5.84. The molecule has 4 heteroatoms. The van der Waals surface area contributed by atoms with Crippen molar-refractivity contribution in [1.29, 1.82) is 0 Å². The van der Waals surface area contributed by atoms with Crippen molar-refractivity contribution in [3.8, 4) is 5.75 Å². The summed E-state index contributed by atoms with van der Waals surface area (Å²) in [5.74, 6) is -0.482. The molecule has 1 aromatic rings. The number of carbonyl (C=O) groups excluding carboxylic acids is 1. The summed E-state index contributed by atoms with van der Waals surface area (Å²) in [4.78, 5) is 14.3. The number of likely N-dealkylation sites (tertiary alicyclic amines) is 1. The van der Waals surface area contributed by atoms with E-state index < -0.39 is 5.97 Å². The van der Waals surface area contributed by atoms with Crippen LogP contribution in [0.1, 0.15) is 43.5 Å². The van der Waals surface area contributed by atoms with E-state index in [-0.39, 0.29) is 11.3 Å². The summed E-state index contributed by atoms with van der Waals surface area (Å²) >= 11 is 0. The van der Waals surface area contributed by atoms with E-state index in [0.29, 0.717) is 18.7 Å². The predicted octanol–water partition coefficient (Wildman–Crippen LogP) is 2.81. The summed E-state index contributed by atoms with van der Waals surface area (Å²) in [5.41, 5.74) is 0.232. The molecule has 4 nitrogen and oxygen atoms in total. The zero-order chi connectivity index (χ0) is 14.5. The second-order valence-electron chi connectivity index (χ2n) is 5.52. The summed E-state index contributed by atoms with van der Waals surface area (Å²) in [6.07, 6.45) is 3.33. The number of phenols is 1. The average molecular weight is 277 g/mol. The van der Waals surface area contributed by atoms with Crippen LogP contribution in [0.25, 0.3) is 0 Å². The molecule has 1 aliphatic heterocycles. The molecule has 2 rings (SSSR count). The number of hydrogen-bond donors (Lipinski definition) is 1. The van der Waals surface area contributed by atoms with Crippen LogP contribution in [0, 0.1) is 0 Å². The first-order valence-electron chi connectivity index (χ1n) is 7.30. The largest absolute Gasteiger partial charge is 0.507 e. The van der Waals surface area contributed by atoms with Gasteiger partial charge in [0, 0.05) is 18.6 Å². The van der Waals surface area contributed by atoms with E-state index in [0.717, 1.165) is 13.0 Å². The monoisotopic (exact) mass is 277 g/mol. The fourth-order valence-electron chi connectivity index (χ4n) is 2.83. The molecule has 0 radical (unpaired) electrons. The van der Waals surface area contributed by atoms with Crippen LogP contribution >= 0.6 is 0 Å². The van der Waals surface area contributed by atoms with Gasteiger partial charge in [-0.15, -0.1) is 0 Å². The molecule has 2 atom stereocenters. The maximum atomic E-state index is 11.8. The Morgan fingerprint density at radius 3 is 2.60 bits per heavy atom. The molecule has 0 bridgehead atoms. The highest BCUT2D eigenvalue weighted by molar-refractivity contribution is 5.92. The van der Waals surface area contributed by atoms with E-state index in [4.69, 9.17) is 4.74 Å². The summed E-state index contributed by atoms with van der Waals surface area (Å²) in [6, 6.07) is 7.70. The first-order valence-corrected chi connectivity index (χ1v) is 7.30. The van der Waals surface area contributed by atoms with Crippen molar-refractivity contribution >= 4 is 5.97 Å². The number of rotatable bonds is 5. The van der Waals surface area contributed by atoms with E-state index in [9.17, 15) is 9.90 Å². The van der Waals surface area contributed by atoms with Crippen LogP contribution in [0.4, 0.5) is 0 Å². The van der Waals surface area contributed by atoms with E-state index in [1.165, 1.54) is 18.9 Å². The molecule has 1 fully saturated rings. The number of hydrogen-bond acceptors (Lipinski definition) is 4. The van der Waals surface area contributed by atoms with Crippen molar-refractivity contribution < 1.29 is 14.6 Å². The molecular weight excluding hydrogens is 254 g/mol. The molecule has 0 saturated carbocycles. The Balaban J connectivity index is 1.74. The van der Waals surface area contributed by atoms with Crippen LogP contribution in [-0.2, 0) is 4.74 Å². The van der Waals surface area contributed by atoms with Crippen LogP contribution in [-0.4, -0.2) is 41.2 Å². The van der Waals surface area contributed by atoms with Crippen molar-refractivity contribution in [2.45, 2.75) is 45.2 Å².